The van der Waals surface area contributed by atoms with Crippen molar-refractivity contribution in [1.82, 2.24) is 0 Å². The molecule has 2 heteroatoms. The second kappa shape index (κ2) is 4.19. The molecule has 0 saturated carbocycles. The van der Waals surface area contributed by atoms with E-state index in [1.165, 1.54) is 11.0 Å². The number of hydrogen-bond donors (Lipinski definition) is 0. The van der Waals surface area contributed by atoms with Crippen LogP contribution < -0.4 is 0 Å². The maximum absolute atomic E-state index is 5.40. The summed E-state index contributed by atoms with van der Waals surface area (Å²) in [7, 11) is 0. The van der Waals surface area contributed by atoms with Crippen molar-refractivity contribution < 1.29 is 9.22 Å². The predicted molar refractivity (Wildman–Crippen MR) is 60.3 cm³/mol. The summed E-state index contributed by atoms with van der Waals surface area (Å²) in [5.41, 5.74) is 0. The molecule has 0 radical (unpaired) electrons. The van der Waals surface area contributed by atoms with Gasteiger partial charge in [-0.15, -0.1) is 0 Å². The van der Waals surface area contributed by atoms with Gasteiger partial charge in [-0.3, -0.25) is 0 Å². The first-order valence-electron chi connectivity index (χ1n) is 5.90. The molecule has 0 aromatic rings. The lowest BCUT2D eigenvalue weighted by atomic mass is 10.0. The fourth-order valence-corrected chi connectivity index (χ4v) is 2.95. The summed E-state index contributed by atoms with van der Waals surface area (Å²) in [5.74, 6) is 0. The predicted octanol–water partition coefficient (Wildman–Crippen LogP) is 2.43. The molecule has 0 bridgehead atoms. The van der Waals surface area contributed by atoms with Crippen LogP contribution in [0.1, 0.15) is 41.5 Å². The van der Waals surface area contributed by atoms with Crippen LogP contribution in [0.4, 0.5) is 0 Å². The lowest BCUT2D eigenvalue weighted by molar-refractivity contribution is -0.985. The van der Waals surface area contributed by atoms with E-state index in [0.717, 1.165) is 6.61 Å². The Hall–Kier alpha value is -0.0800. The smallest absolute Gasteiger partial charge is 0.130 e. The molecule has 14 heavy (non-hydrogen) atoms. The lowest BCUT2D eigenvalue weighted by Crippen LogP contribution is -2.63. The van der Waals surface area contributed by atoms with Crippen LogP contribution in [0.5, 0.6) is 0 Å². The average molecular weight is 200 g/mol. The van der Waals surface area contributed by atoms with E-state index in [9.17, 15) is 0 Å². The maximum atomic E-state index is 5.40. The highest BCUT2D eigenvalue weighted by molar-refractivity contribution is 4.72. The summed E-state index contributed by atoms with van der Waals surface area (Å²) in [6.45, 7) is 16.2. The zero-order chi connectivity index (χ0) is 10.9. The Morgan fingerprint density at radius 3 is 1.57 bits per heavy atom. The van der Waals surface area contributed by atoms with Crippen molar-refractivity contribution in [2.24, 2.45) is 0 Å². The summed E-state index contributed by atoms with van der Waals surface area (Å²) in [6, 6.07) is 2.04. The van der Waals surface area contributed by atoms with Crippen molar-refractivity contribution in [2.75, 3.05) is 13.2 Å². The van der Waals surface area contributed by atoms with E-state index in [1.54, 1.807) is 0 Å². The molecule has 0 aliphatic carbocycles. The molecule has 0 spiro atoms. The van der Waals surface area contributed by atoms with Crippen LogP contribution in [0.15, 0.2) is 0 Å². The monoisotopic (exact) mass is 200 g/mol. The normalized spacial score (nSPS) is 22.5. The van der Waals surface area contributed by atoms with E-state index in [2.05, 4.69) is 41.5 Å². The van der Waals surface area contributed by atoms with Crippen LogP contribution in [0.25, 0.3) is 0 Å². The van der Waals surface area contributed by atoms with Crippen LogP contribution in [0, 0.1) is 0 Å². The van der Waals surface area contributed by atoms with E-state index in [0.29, 0.717) is 24.2 Å². The lowest BCUT2D eigenvalue weighted by Gasteiger charge is -2.49. The van der Waals surface area contributed by atoms with Gasteiger partial charge in [0.2, 0.25) is 0 Å². The first kappa shape index (κ1) is 12.0. The topological polar surface area (TPSA) is 12.5 Å². The molecule has 1 aliphatic rings. The number of rotatable bonds is 5. The molecule has 0 amide bonds. The summed E-state index contributed by atoms with van der Waals surface area (Å²) in [6.07, 6.45) is 0.530. The average Bonchev–Trinajstić information content (AvgIpc) is 2.80. The Labute approximate surface area is 88.8 Å². The highest BCUT2D eigenvalue weighted by Gasteiger charge is 2.43. The van der Waals surface area contributed by atoms with Crippen molar-refractivity contribution in [3.63, 3.8) is 0 Å². The summed E-state index contributed by atoms with van der Waals surface area (Å²) in [4.78, 5) is 0. The van der Waals surface area contributed by atoms with Gasteiger partial charge in [0, 0.05) is 0 Å². The van der Waals surface area contributed by atoms with Crippen molar-refractivity contribution in [2.45, 2.75) is 65.8 Å². The van der Waals surface area contributed by atoms with Gasteiger partial charge < -0.3 is 9.22 Å². The molecular weight excluding hydrogens is 174 g/mol. The number of ether oxygens (including phenoxy) is 1. The van der Waals surface area contributed by atoms with Crippen LogP contribution in [-0.4, -0.2) is 41.9 Å². The Bertz CT molecular complexity index is 161. The molecule has 1 fully saturated rings. The fraction of sp³-hybridized carbons (Fsp3) is 1.00. The van der Waals surface area contributed by atoms with Gasteiger partial charge in [0.25, 0.3) is 0 Å². The first-order chi connectivity index (χ1) is 6.41. The van der Waals surface area contributed by atoms with Crippen LogP contribution >= 0.6 is 0 Å². The minimum absolute atomic E-state index is 0.530. The largest absolute Gasteiger partial charge is 0.367 e. The Morgan fingerprint density at radius 1 is 1.00 bits per heavy atom. The standard InChI is InChI=1S/C12H26NO/c1-9(2)13(10(3)4,11(5)6)7-12-8-14-12/h9-12H,7-8H2,1-6H3/q+1. The van der Waals surface area contributed by atoms with Gasteiger partial charge in [-0.05, 0) is 41.5 Å². The molecule has 1 saturated heterocycles. The molecule has 1 unspecified atom stereocenters. The summed E-state index contributed by atoms with van der Waals surface area (Å²) >= 11 is 0. The van der Waals surface area contributed by atoms with Gasteiger partial charge in [0.15, 0.2) is 0 Å². The van der Waals surface area contributed by atoms with Crippen molar-refractivity contribution in [1.29, 1.82) is 0 Å². The molecule has 1 atom stereocenters. The van der Waals surface area contributed by atoms with Crippen LogP contribution in [-0.2, 0) is 4.74 Å². The van der Waals surface area contributed by atoms with Crippen molar-refractivity contribution in [3.05, 3.63) is 0 Å². The third-order valence-corrected chi connectivity index (χ3v) is 3.81. The van der Waals surface area contributed by atoms with E-state index in [1.807, 2.05) is 0 Å². The number of epoxide rings is 1. The number of hydrogen-bond acceptors (Lipinski definition) is 1. The second-order valence-corrected chi connectivity index (χ2v) is 5.41. The zero-order valence-corrected chi connectivity index (χ0v) is 10.6. The minimum Gasteiger partial charge on any atom is -0.367 e. The van der Waals surface area contributed by atoms with Gasteiger partial charge in [-0.1, -0.05) is 0 Å². The SMILES string of the molecule is CC(C)[N+](CC1CO1)(C(C)C)C(C)C. The van der Waals surface area contributed by atoms with Gasteiger partial charge in [0.1, 0.15) is 12.6 Å². The van der Waals surface area contributed by atoms with E-state index in [-0.39, 0.29) is 0 Å². The Kier molecular flexibility index (Phi) is 3.59. The molecule has 1 heterocycles. The Morgan fingerprint density at radius 2 is 1.36 bits per heavy atom. The van der Waals surface area contributed by atoms with E-state index >= 15 is 0 Å². The molecule has 0 aromatic carbocycles. The van der Waals surface area contributed by atoms with Gasteiger partial charge >= 0.3 is 0 Å². The van der Waals surface area contributed by atoms with Crippen molar-refractivity contribution in [3.8, 4) is 0 Å². The van der Waals surface area contributed by atoms with Crippen molar-refractivity contribution >= 4 is 0 Å². The van der Waals surface area contributed by atoms with E-state index in [4.69, 9.17) is 4.74 Å². The van der Waals surface area contributed by atoms with E-state index < -0.39 is 0 Å². The van der Waals surface area contributed by atoms with Gasteiger partial charge in [-0.25, -0.2) is 0 Å². The zero-order valence-electron chi connectivity index (χ0n) is 10.6. The van der Waals surface area contributed by atoms with Gasteiger partial charge in [-0.2, -0.15) is 0 Å². The van der Waals surface area contributed by atoms with Gasteiger partial charge in [0.05, 0.1) is 24.7 Å². The Balaban J connectivity index is 2.81. The second-order valence-electron chi connectivity index (χ2n) is 5.41. The fourth-order valence-electron chi connectivity index (χ4n) is 2.95. The summed E-state index contributed by atoms with van der Waals surface area (Å²) in [5, 5.41) is 0. The molecule has 1 aliphatic heterocycles. The minimum atomic E-state index is 0.530. The molecular formula is C12H26NO+. The third kappa shape index (κ3) is 2.12. The molecule has 1 rings (SSSR count). The third-order valence-electron chi connectivity index (χ3n) is 3.81. The number of nitrogens with zero attached hydrogens (tertiary/aromatic N) is 1. The molecule has 0 N–H and O–H groups in total. The highest BCUT2D eigenvalue weighted by Crippen LogP contribution is 2.28. The van der Waals surface area contributed by atoms with Crippen LogP contribution in [0.3, 0.4) is 0 Å². The quantitative estimate of drug-likeness (QED) is 0.490. The molecule has 84 valence electrons. The highest BCUT2D eigenvalue weighted by atomic mass is 16.6. The maximum Gasteiger partial charge on any atom is 0.130 e. The van der Waals surface area contributed by atoms with Crippen LogP contribution in [0.2, 0.25) is 0 Å². The molecule has 0 aromatic heterocycles. The molecule has 2 nitrogen and oxygen atoms in total. The summed E-state index contributed by atoms with van der Waals surface area (Å²) < 4.78 is 6.58. The first-order valence-corrected chi connectivity index (χ1v) is 5.90. The number of quaternary nitrogens is 1.